The fourth-order valence-corrected chi connectivity index (χ4v) is 6.71. The number of benzene rings is 4. The standard InChI is InChI=1S/C26H19FS2/c27-26-15-23-21-13-17-7-10-24-22(20(17)12-18(21)8-11-25(23)29-26)14-19(28-24)9-6-16-4-2-1-3-5-16/h1-5,7-8,10-13,15,19H,6,9,14H2. The number of aryl methyl sites for hydroxylation is 1. The van der Waals surface area contributed by atoms with Gasteiger partial charge >= 0.3 is 0 Å². The van der Waals surface area contributed by atoms with Crippen LogP contribution >= 0.6 is 23.1 Å². The van der Waals surface area contributed by atoms with Gasteiger partial charge in [-0.3, -0.25) is 0 Å². The first-order valence-corrected chi connectivity index (χ1v) is 11.7. The van der Waals surface area contributed by atoms with Gasteiger partial charge < -0.3 is 0 Å². The number of thiophene rings is 1. The van der Waals surface area contributed by atoms with Crippen molar-refractivity contribution in [2.24, 2.45) is 0 Å². The molecule has 0 spiro atoms. The topological polar surface area (TPSA) is 0 Å². The average Bonchev–Trinajstić information content (AvgIpc) is 3.34. The molecule has 3 heteroatoms. The number of rotatable bonds is 3. The summed E-state index contributed by atoms with van der Waals surface area (Å²) in [7, 11) is 0. The zero-order valence-corrected chi connectivity index (χ0v) is 17.5. The molecule has 0 aliphatic carbocycles. The van der Waals surface area contributed by atoms with Gasteiger partial charge in [-0.25, -0.2) is 0 Å². The van der Waals surface area contributed by atoms with Crippen molar-refractivity contribution in [2.75, 3.05) is 0 Å². The van der Waals surface area contributed by atoms with E-state index in [0.717, 1.165) is 28.3 Å². The van der Waals surface area contributed by atoms with Crippen LogP contribution in [0.2, 0.25) is 0 Å². The summed E-state index contributed by atoms with van der Waals surface area (Å²) in [6.07, 6.45) is 3.47. The van der Waals surface area contributed by atoms with Crippen LogP contribution in [0.1, 0.15) is 17.5 Å². The molecule has 1 aromatic heterocycles. The Morgan fingerprint density at radius 2 is 1.62 bits per heavy atom. The second kappa shape index (κ2) is 6.86. The van der Waals surface area contributed by atoms with Crippen LogP contribution in [0.25, 0.3) is 31.6 Å². The highest BCUT2D eigenvalue weighted by molar-refractivity contribution is 8.00. The third-order valence-electron chi connectivity index (χ3n) is 6.02. The molecule has 1 atom stereocenters. The zero-order valence-electron chi connectivity index (χ0n) is 15.8. The molecule has 0 fully saturated rings. The molecule has 29 heavy (non-hydrogen) atoms. The third-order valence-corrected chi connectivity index (χ3v) is 8.28. The molecule has 0 saturated carbocycles. The molecule has 142 valence electrons. The first-order valence-electron chi connectivity index (χ1n) is 10.0. The number of hydrogen-bond donors (Lipinski definition) is 0. The summed E-state index contributed by atoms with van der Waals surface area (Å²) in [6.45, 7) is 0. The van der Waals surface area contributed by atoms with Crippen LogP contribution < -0.4 is 0 Å². The minimum atomic E-state index is -0.112. The van der Waals surface area contributed by atoms with Crippen LogP contribution in [-0.2, 0) is 12.8 Å². The summed E-state index contributed by atoms with van der Waals surface area (Å²) in [4.78, 5) is 1.43. The van der Waals surface area contributed by atoms with E-state index in [1.165, 1.54) is 49.9 Å². The molecule has 0 amide bonds. The van der Waals surface area contributed by atoms with Gasteiger partial charge in [0.2, 0.25) is 0 Å². The molecule has 0 radical (unpaired) electrons. The van der Waals surface area contributed by atoms with E-state index in [4.69, 9.17) is 0 Å². The number of hydrogen-bond acceptors (Lipinski definition) is 2. The van der Waals surface area contributed by atoms with E-state index in [1.807, 2.05) is 11.8 Å². The lowest BCUT2D eigenvalue weighted by molar-refractivity contribution is 0.658. The van der Waals surface area contributed by atoms with Gasteiger partial charge in [0.25, 0.3) is 0 Å². The van der Waals surface area contributed by atoms with Crippen molar-refractivity contribution in [1.29, 1.82) is 0 Å². The highest BCUT2D eigenvalue weighted by Crippen LogP contribution is 2.44. The molecule has 0 bridgehead atoms. The van der Waals surface area contributed by atoms with Crippen molar-refractivity contribution in [1.82, 2.24) is 0 Å². The van der Waals surface area contributed by atoms with E-state index in [-0.39, 0.29) is 5.13 Å². The van der Waals surface area contributed by atoms with Gasteiger partial charge in [0.05, 0.1) is 0 Å². The van der Waals surface area contributed by atoms with Crippen LogP contribution in [0.15, 0.2) is 77.7 Å². The van der Waals surface area contributed by atoms with Crippen LogP contribution in [0.4, 0.5) is 4.39 Å². The molecule has 2 heterocycles. The molecule has 1 aliphatic rings. The summed E-state index contributed by atoms with van der Waals surface area (Å²) in [6, 6.07) is 25.7. The van der Waals surface area contributed by atoms with Crippen LogP contribution in [-0.4, -0.2) is 5.25 Å². The van der Waals surface area contributed by atoms with E-state index in [1.54, 1.807) is 6.07 Å². The van der Waals surface area contributed by atoms with E-state index < -0.39 is 0 Å². The highest BCUT2D eigenvalue weighted by Gasteiger charge is 2.24. The number of halogens is 1. The second-order valence-electron chi connectivity index (χ2n) is 7.83. The maximum atomic E-state index is 13.8. The molecule has 1 aliphatic heterocycles. The smallest absolute Gasteiger partial charge is 0.177 e. The lowest BCUT2D eigenvalue weighted by Crippen LogP contribution is -2.02. The van der Waals surface area contributed by atoms with Gasteiger partial charge in [0.15, 0.2) is 5.13 Å². The molecule has 6 rings (SSSR count). The Bertz CT molecular complexity index is 1370. The van der Waals surface area contributed by atoms with E-state index in [2.05, 4.69) is 66.7 Å². The van der Waals surface area contributed by atoms with Crippen molar-refractivity contribution in [3.63, 3.8) is 0 Å². The van der Waals surface area contributed by atoms with E-state index >= 15 is 0 Å². The normalized spacial score (nSPS) is 16.1. The lowest BCUT2D eigenvalue weighted by atomic mass is 9.95. The fourth-order valence-electron chi connectivity index (χ4n) is 4.58. The summed E-state index contributed by atoms with van der Waals surface area (Å²) >= 11 is 3.26. The Labute approximate surface area is 177 Å². The number of thioether (sulfide) groups is 1. The van der Waals surface area contributed by atoms with Crippen LogP contribution in [0, 0.1) is 5.13 Å². The third kappa shape index (κ3) is 3.04. The molecule has 5 aromatic rings. The lowest BCUT2D eigenvalue weighted by Gasteiger charge is -2.09. The van der Waals surface area contributed by atoms with E-state index in [9.17, 15) is 4.39 Å². The first-order chi connectivity index (χ1) is 14.2. The van der Waals surface area contributed by atoms with Crippen molar-refractivity contribution in [2.45, 2.75) is 29.4 Å². The molecule has 0 saturated heterocycles. The maximum Gasteiger partial charge on any atom is 0.177 e. The number of fused-ring (bicyclic) bond motifs is 6. The predicted octanol–water partition coefficient (Wildman–Crippen LogP) is 8.00. The first kappa shape index (κ1) is 17.5. The van der Waals surface area contributed by atoms with Crippen molar-refractivity contribution >= 4 is 54.7 Å². The van der Waals surface area contributed by atoms with Crippen molar-refractivity contribution < 1.29 is 4.39 Å². The van der Waals surface area contributed by atoms with Crippen LogP contribution in [0.3, 0.4) is 0 Å². The molecule has 4 aromatic carbocycles. The monoisotopic (exact) mass is 414 g/mol. The summed E-state index contributed by atoms with van der Waals surface area (Å²) in [5.74, 6) is 0. The minimum Gasteiger partial charge on any atom is -0.195 e. The molecule has 0 nitrogen and oxygen atoms in total. The Morgan fingerprint density at radius 1 is 0.828 bits per heavy atom. The molecule has 1 unspecified atom stereocenters. The minimum absolute atomic E-state index is 0.112. The van der Waals surface area contributed by atoms with Crippen molar-refractivity contribution in [3.05, 3.63) is 89.1 Å². The van der Waals surface area contributed by atoms with Gasteiger partial charge in [-0.15, -0.1) is 23.1 Å². The SMILES string of the molecule is Fc1cc2c(ccc3cc4c5c(ccc4cc32)SC(CCc2ccccc2)C5)s1. The fraction of sp³-hybridized carbons (Fsp3) is 0.154. The van der Waals surface area contributed by atoms with Crippen LogP contribution in [0.5, 0.6) is 0 Å². The quantitative estimate of drug-likeness (QED) is 0.270. The molecule has 0 N–H and O–H groups in total. The molecular weight excluding hydrogens is 395 g/mol. The second-order valence-corrected chi connectivity index (χ2v) is 10.2. The van der Waals surface area contributed by atoms with Gasteiger partial charge in [-0.1, -0.05) is 42.5 Å². The highest BCUT2D eigenvalue weighted by atomic mass is 32.2. The molecular formula is C26H19FS2. The Hall–Kier alpha value is -2.36. The summed E-state index contributed by atoms with van der Waals surface area (Å²) < 4.78 is 14.8. The Balaban J connectivity index is 1.38. The van der Waals surface area contributed by atoms with Gasteiger partial charge in [-0.05, 0) is 82.3 Å². The van der Waals surface area contributed by atoms with Gasteiger partial charge in [0.1, 0.15) is 0 Å². The van der Waals surface area contributed by atoms with Crippen molar-refractivity contribution in [3.8, 4) is 0 Å². The summed E-state index contributed by atoms with van der Waals surface area (Å²) in [5.41, 5.74) is 2.91. The zero-order chi connectivity index (χ0) is 19.4. The van der Waals surface area contributed by atoms with Gasteiger partial charge in [-0.2, -0.15) is 4.39 Å². The maximum absolute atomic E-state index is 13.8. The van der Waals surface area contributed by atoms with E-state index in [0.29, 0.717) is 5.25 Å². The Morgan fingerprint density at radius 3 is 2.52 bits per heavy atom. The largest absolute Gasteiger partial charge is 0.195 e. The van der Waals surface area contributed by atoms with Gasteiger partial charge in [0, 0.05) is 20.2 Å². The Kier molecular flexibility index (Phi) is 4.14. The average molecular weight is 415 g/mol. The summed E-state index contributed by atoms with van der Waals surface area (Å²) in [5, 5.41) is 6.54. The predicted molar refractivity (Wildman–Crippen MR) is 125 cm³/mol.